The molecule has 1 amide bonds. The largest absolute Gasteiger partial charge is 0.313 e. The van der Waals surface area contributed by atoms with E-state index in [1.165, 1.54) is 17.6 Å². The molecule has 0 aliphatic heterocycles. The monoisotopic (exact) mass is 400 g/mol. The fourth-order valence-electron chi connectivity index (χ4n) is 2.73. The maximum Gasteiger partial charge on any atom is 0.248 e. The number of aromatic nitrogens is 1. The number of thiazole rings is 1. The molecule has 140 valence electrons. The molecular weight excluding hydrogens is 380 g/mol. The Morgan fingerprint density at radius 3 is 2.63 bits per heavy atom. The Balaban J connectivity index is 1.96. The number of amides is 1. The van der Waals surface area contributed by atoms with Gasteiger partial charge >= 0.3 is 0 Å². The van der Waals surface area contributed by atoms with Gasteiger partial charge in [-0.05, 0) is 30.2 Å². The molecular formula is C20H20N2O3S2. The Kier molecular flexibility index (Phi) is 5.72. The van der Waals surface area contributed by atoms with Crippen molar-refractivity contribution in [2.75, 3.05) is 6.26 Å². The van der Waals surface area contributed by atoms with Gasteiger partial charge in [-0.2, -0.15) is 4.99 Å². The van der Waals surface area contributed by atoms with Gasteiger partial charge in [-0.25, -0.2) is 8.42 Å². The van der Waals surface area contributed by atoms with Gasteiger partial charge in [-0.3, -0.25) is 4.79 Å². The van der Waals surface area contributed by atoms with Gasteiger partial charge in [0.15, 0.2) is 14.6 Å². The number of nitrogens with zero attached hydrogens (tertiary/aromatic N) is 2. The highest BCUT2D eigenvalue weighted by Gasteiger charge is 2.12. The van der Waals surface area contributed by atoms with Gasteiger partial charge in [-0.15, -0.1) is 6.58 Å². The minimum absolute atomic E-state index is 0.202. The fourth-order valence-corrected chi connectivity index (χ4v) is 4.55. The topological polar surface area (TPSA) is 68.5 Å². The summed E-state index contributed by atoms with van der Waals surface area (Å²) < 4.78 is 26.2. The van der Waals surface area contributed by atoms with E-state index >= 15 is 0 Å². The van der Waals surface area contributed by atoms with Crippen LogP contribution in [0.3, 0.4) is 0 Å². The van der Waals surface area contributed by atoms with Gasteiger partial charge in [0, 0.05) is 19.2 Å². The molecule has 0 radical (unpaired) electrons. The number of fused-ring (bicyclic) bond motifs is 1. The van der Waals surface area contributed by atoms with Gasteiger partial charge < -0.3 is 4.57 Å². The predicted octanol–water partition coefficient (Wildman–Crippen LogP) is 3.35. The second-order valence-corrected chi connectivity index (χ2v) is 9.20. The maximum absolute atomic E-state index is 12.4. The van der Waals surface area contributed by atoms with Crippen LogP contribution in [0.1, 0.15) is 12.0 Å². The van der Waals surface area contributed by atoms with E-state index in [9.17, 15) is 13.2 Å². The number of rotatable bonds is 6. The van der Waals surface area contributed by atoms with E-state index in [0.29, 0.717) is 24.2 Å². The molecule has 0 aliphatic rings. The quantitative estimate of drug-likeness (QED) is 0.596. The van der Waals surface area contributed by atoms with E-state index in [1.54, 1.807) is 24.3 Å². The molecule has 0 N–H and O–H groups in total. The van der Waals surface area contributed by atoms with Crippen LogP contribution >= 0.6 is 11.3 Å². The number of aryl methyl sites for hydroxylation is 1. The van der Waals surface area contributed by atoms with Crippen LogP contribution in [0.4, 0.5) is 0 Å². The molecule has 0 unspecified atom stereocenters. The molecule has 0 bridgehead atoms. The minimum atomic E-state index is -3.29. The van der Waals surface area contributed by atoms with Crippen molar-refractivity contribution in [2.24, 2.45) is 4.99 Å². The summed E-state index contributed by atoms with van der Waals surface area (Å²) in [6.07, 6.45) is 3.86. The summed E-state index contributed by atoms with van der Waals surface area (Å²) in [5, 5.41) is 0. The summed E-state index contributed by atoms with van der Waals surface area (Å²) in [5.41, 5.74) is 1.93. The van der Waals surface area contributed by atoms with Crippen molar-refractivity contribution < 1.29 is 13.2 Å². The molecule has 0 fully saturated rings. The van der Waals surface area contributed by atoms with Crippen molar-refractivity contribution in [1.29, 1.82) is 0 Å². The number of hydrogen-bond donors (Lipinski definition) is 0. The van der Waals surface area contributed by atoms with Gasteiger partial charge in [0.05, 0.1) is 15.1 Å². The van der Waals surface area contributed by atoms with E-state index < -0.39 is 9.84 Å². The van der Waals surface area contributed by atoms with E-state index in [0.717, 1.165) is 15.8 Å². The maximum atomic E-state index is 12.4. The molecule has 27 heavy (non-hydrogen) atoms. The summed E-state index contributed by atoms with van der Waals surface area (Å²) >= 11 is 1.31. The molecule has 2 aromatic carbocycles. The molecule has 0 aliphatic carbocycles. The normalized spacial score (nSPS) is 12.4. The molecule has 3 rings (SSSR count). The summed E-state index contributed by atoms with van der Waals surface area (Å²) in [6.45, 7) is 4.25. The second-order valence-electron chi connectivity index (χ2n) is 6.18. The average molecular weight is 401 g/mol. The lowest BCUT2D eigenvalue weighted by molar-refractivity contribution is -0.118. The summed E-state index contributed by atoms with van der Waals surface area (Å²) in [5.74, 6) is -0.202. The number of hydrogen-bond acceptors (Lipinski definition) is 4. The van der Waals surface area contributed by atoms with Crippen LogP contribution < -0.4 is 4.80 Å². The zero-order valence-corrected chi connectivity index (χ0v) is 16.6. The van der Waals surface area contributed by atoms with E-state index in [2.05, 4.69) is 11.6 Å². The Hall–Kier alpha value is -2.51. The van der Waals surface area contributed by atoms with Crippen LogP contribution in [0.25, 0.3) is 10.2 Å². The third-order valence-corrected chi connectivity index (χ3v) is 6.24. The van der Waals surface area contributed by atoms with Gasteiger partial charge in [-0.1, -0.05) is 47.7 Å². The highest BCUT2D eigenvalue weighted by Crippen LogP contribution is 2.22. The molecule has 1 aromatic heterocycles. The number of allylic oxidation sites excluding steroid dienone is 1. The molecule has 3 aromatic rings. The first-order valence-electron chi connectivity index (χ1n) is 8.44. The predicted molar refractivity (Wildman–Crippen MR) is 108 cm³/mol. The lowest BCUT2D eigenvalue weighted by Gasteiger charge is -2.02. The number of benzene rings is 2. The Labute approximate surface area is 162 Å². The highest BCUT2D eigenvalue weighted by molar-refractivity contribution is 7.90. The van der Waals surface area contributed by atoms with Crippen molar-refractivity contribution in [2.45, 2.75) is 24.3 Å². The lowest BCUT2D eigenvalue weighted by Crippen LogP contribution is -2.16. The third kappa shape index (κ3) is 4.61. The van der Waals surface area contributed by atoms with Crippen molar-refractivity contribution in [1.82, 2.24) is 4.57 Å². The van der Waals surface area contributed by atoms with Gasteiger partial charge in [0.2, 0.25) is 5.91 Å². The Morgan fingerprint density at radius 2 is 1.96 bits per heavy atom. The van der Waals surface area contributed by atoms with Crippen LogP contribution in [0.15, 0.2) is 71.1 Å². The molecule has 7 heteroatoms. The van der Waals surface area contributed by atoms with Gasteiger partial charge in [0.1, 0.15) is 0 Å². The van der Waals surface area contributed by atoms with Crippen LogP contribution in [0, 0.1) is 0 Å². The van der Waals surface area contributed by atoms with Crippen LogP contribution in [0.5, 0.6) is 0 Å². The van der Waals surface area contributed by atoms with Crippen LogP contribution in [0.2, 0.25) is 0 Å². The Morgan fingerprint density at radius 1 is 1.22 bits per heavy atom. The molecule has 0 saturated heterocycles. The van der Waals surface area contributed by atoms with Crippen LogP contribution in [-0.4, -0.2) is 25.1 Å². The standard InChI is InChI=1S/C20H20N2O3S2/c1-3-13-22-17-11-10-16(27(2,24)25)14-18(17)26-20(22)21-19(23)12-9-15-7-5-4-6-8-15/h3-8,10-11,14H,1,9,12-13H2,2H3. The smallest absolute Gasteiger partial charge is 0.248 e. The SMILES string of the molecule is C=CCn1c(=NC(=O)CCc2ccccc2)sc2cc(S(C)(=O)=O)ccc21. The van der Waals surface area contributed by atoms with Crippen LogP contribution in [-0.2, 0) is 27.6 Å². The molecule has 0 atom stereocenters. The number of sulfone groups is 1. The van der Waals surface area contributed by atoms with Crippen molar-refractivity contribution in [3.63, 3.8) is 0 Å². The fraction of sp³-hybridized carbons (Fsp3) is 0.200. The number of carbonyl (C=O) groups is 1. The van der Waals surface area contributed by atoms with E-state index in [4.69, 9.17) is 0 Å². The molecule has 0 saturated carbocycles. The second kappa shape index (κ2) is 8.02. The van der Waals surface area contributed by atoms with Gasteiger partial charge in [0.25, 0.3) is 0 Å². The summed E-state index contributed by atoms with van der Waals surface area (Å²) in [6, 6.07) is 14.7. The zero-order valence-electron chi connectivity index (χ0n) is 15.0. The first-order valence-corrected chi connectivity index (χ1v) is 11.1. The first-order chi connectivity index (χ1) is 12.9. The average Bonchev–Trinajstić information content (AvgIpc) is 2.97. The first kappa shape index (κ1) is 19.3. The summed E-state index contributed by atoms with van der Waals surface area (Å²) in [4.78, 5) is 17.4. The minimum Gasteiger partial charge on any atom is -0.313 e. The van der Waals surface area contributed by atoms with E-state index in [1.807, 2.05) is 34.9 Å². The molecule has 1 heterocycles. The van der Waals surface area contributed by atoms with Crippen molar-refractivity contribution in [3.8, 4) is 0 Å². The highest BCUT2D eigenvalue weighted by atomic mass is 32.2. The third-order valence-electron chi connectivity index (χ3n) is 4.08. The molecule has 0 spiro atoms. The van der Waals surface area contributed by atoms with Crippen molar-refractivity contribution in [3.05, 3.63) is 71.6 Å². The number of carbonyl (C=O) groups excluding carboxylic acids is 1. The van der Waals surface area contributed by atoms with Crippen molar-refractivity contribution >= 4 is 37.3 Å². The zero-order chi connectivity index (χ0) is 19.4. The lowest BCUT2D eigenvalue weighted by atomic mass is 10.1. The Bertz CT molecular complexity index is 1160. The molecule has 5 nitrogen and oxygen atoms in total. The van der Waals surface area contributed by atoms with E-state index in [-0.39, 0.29) is 10.8 Å². The summed E-state index contributed by atoms with van der Waals surface area (Å²) in [7, 11) is -3.29.